The summed E-state index contributed by atoms with van der Waals surface area (Å²) in [6, 6.07) is 9.59. The summed E-state index contributed by atoms with van der Waals surface area (Å²) in [5.74, 6) is 1.49. The Bertz CT molecular complexity index is 699. The molecule has 0 aliphatic carbocycles. The first-order valence-corrected chi connectivity index (χ1v) is 5.85. The lowest BCUT2D eigenvalue weighted by Crippen LogP contribution is -1.95. The van der Waals surface area contributed by atoms with E-state index in [0.29, 0.717) is 0 Å². The Labute approximate surface area is 110 Å². The average molecular weight is 255 g/mol. The number of methoxy groups -OCH3 is 2. The van der Waals surface area contributed by atoms with Gasteiger partial charge >= 0.3 is 0 Å². The molecule has 0 fully saturated rings. The van der Waals surface area contributed by atoms with Crippen LogP contribution in [-0.4, -0.2) is 28.8 Å². The van der Waals surface area contributed by atoms with Crippen molar-refractivity contribution in [1.82, 2.24) is 14.6 Å². The number of fused-ring (bicyclic) bond motifs is 1. The second kappa shape index (κ2) is 4.61. The van der Waals surface area contributed by atoms with Crippen LogP contribution in [0.4, 0.5) is 0 Å². The molecule has 0 saturated carbocycles. The number of benzene rings is 1. The van der Waals surface area contributed by atoms with Crippen molar-refractivity contribution in [3.63, 3.8) is 0 Å². The first-order valence-electron chi connectivity index (χ1n) is 5.85. The molecule has 0 radical (unpaired) electrons. The van der Waals surface area contributed by atoms with Crippen molar-refractivity contribution < 1.29 is 9.47 Å². The zero-order chi connectivity index (χ0) is 13.2. The van der Waals surface area contributed by atoms with Crippen LogP contribution in [0.25, 0.3) is 16.8 Å². The largest absolute Gasteiger partial charge is 0.496 e. The minimum absolute atomic E-state index is 0.746. The molecule has 3 aromatic rings. The minimum atomic E-state index is 0.746. The number of ether oxygens (including phenoxy) is 2. The summed E-state index contributed by atoms with van der Waals surface area (Å²) in [6.07, 6.45) is 3.38. The molecule has 3 rings (SSSR count). The van der Waals surface area contributed by atoms with Crippen molar-refractivity contribution in [3.05, 3.63) is 42.9 Å². The number of hydrogen-bond donors (Lipinski definition) is 0. The fourth-order valence-electron chi connectivity index (χ4n) is 2.16. The first kappa shape index (κ1) is 11.5. The van der Waals surface area contributed by atoms with Gasteiger partial charge in [-0.2, -0.15) is 5.10 Å². The van der Waals surface area contributed by atoms with E-state index in [-0.39, 0.29) is 0 Å². The lowest BCUT2D eigenvalue weighted by molar-refractivity contribution is 0.397. The number of rotatable bonds is 3. The Hall–Kier alpha value is -2.56. The molecular formula is C14H13N3O2. The SMILES string of the molecule is COc1cccc(OC)c1-c1cccn2ncnc12. The fraction of sp³-hybridized carbons (Fsp3) is 0.143. The maximum atomic E-state index is 5.43. The summed E-state index contributed by atoms with van der Waals surface area (Å²) >= 11 is 0. The second-order valence-corrected chi connectivity index (χ2v) is 3.99. The number of hydrogen-bond acceptors (Lipinski definition) is 4. The number of pyridine rings is 1. The number of nitrogens with zero attached hydrogens (tertiary/aromatic N) is 3. The van der Waals surface area contributed by atoms with Gasteiger partial charge in [0.1, 0.15) is 17.8 Å². The standard InChI is InChI=1S/C14H13N3O2/c1-18-11-6-3-7-12(19-2)13(11)10-5-4-8-17-14(10)15-9-16-17/h3-9H,1-2H3. The van der Waals surface area contributed by atoms with Gasteiger partial charge in [-0.25, -0.2) is 9.50 Å². The van der Waals surface area contributed by atoms with Crippen molar-refractivity contribution in [1.29, 1.82) is 0 Å². The molecule has 0 spiro atoms. The molecule has 2 heterocycles. The first-order chi connectivity index (χ1) is 9.35. The summed E-state index contributed by atoms with van der Waals surface area (Å²) in [4.78, 5) is 4.29. The van der Waals surface area contributed by atoms with E-state index in [1.54, 1.807) is 18.7 Å². The van der Waals surface area contributed by atoms with Gasteiger partial charge in [0.05, 0.1) is 19.8 Å². The van der Waals surface area contributed by atoms with Crippen molar-refractivity contribution in [2.45, 2.75) is 0 Å². The summed E-state index contributed by atoms with van der Waals surface area (Å²) in [6.45, 7) is 0. The van der Waals surface area contributed by atoms with Gasteiger partial charge in [0.15, 0.2) is 5.65 Å². The zero-order valence-electron chi connectivity index (χ0n) is 10.7. The monoisotopic (exact) mass is 255 g/mol. The van der Waals surface area contributed by atoms with Crippen LogP contribution >= 0.6 is 0 Å². The molecule has 96 valence electrons. The third-order valence-electron chi connectivity index (χ3n) is 3.00. The third kappa shape index (κ3) is 1.79. The Morgan fingerprint density at radius 3 is 2.42 bits per heavy atom. The van der Waals surface area contributed by atoms with E-state index in [4.69, 9.17) is 9.47 Å². The van der Waals surface area contributed by atoms with Crippen LogP contribution in [-0.2, 0) is 0 Å². The molecule has 0 amide bonds. The van der Waals surface area contributed by atoms with Crippen LogP contribution in [0.3, 0.4) is 0 Å². The Kier molecular flexibility index (Phi) is 2.79. The molecule has 0 saturated heterocycles. The number of aromatic nitrogens is 3. The summed E-state index contributed by atoms with van der Waals surface area (Å²) in [7, 11) is 3.28. The van der Waals surface area contributed by atoms with Crippen LogP contribution in [0.5, 0.6) is 11.5 Å². The molecular weight excluding hydrogens is 242 g/mol. The molecule has 0 atom stereocenters. The maximum absolute atomic E-state index is 5.43. The van der Waals surface area contributed by atoms with Crippen LogP contribution in [0.1, 0.15) is 0 Å². The highest BCUT2D eigenvalue weighted by Crippen LogP contribution is 2.39. The topological polar surface area (TPSA) is 48.7 Å². The van der Waals surface area contributed by atoms with Gasteiger partial charge in [-0.3, -0.25) is 0 Å². The van der Waals surface area contributed by atoms with Gasteiger partial charge < -0.3 is 9.47 Å². The van der Waals surface area contributed by atoms with E-state index in [1.165, 1.54) is 6.33 Å². The fourth-order valence-corrected chi connectivity index (χ4v) is 2.16. The van der Waals surface area contributed by atoms with E-state index in [9.17, 15) is 0 Å². The maximum Gasteiger partial charge on any atom is 0.163 e. The van der Waals surface area contributed by atoms with E-state index >= 15 is 0 Å². The van der Waals surface area contributed by atoms with Crippen LogP contribution < -0.4 is 9.47 Å². The Morgan fingerprint density at radius 2 is 1.74 bits per heavy atom. The highest BCUT2D eigenvalue weighted by molar-refractivity contribution is 5.85. The second-order valence-electron chi connectivity index (χ2n) is 3.99. The minimum Gasteiger partial charge on any atom is -0.496 e. The lowest BCUT2D eigenvalue weighted by atomic mass is 10.0. The molecule has 0 aliphatic heterocycles. The van der Waals surface area contributed by atoms with Gasteiger partial charge in [0, 0.05) is 11.8 Å². The molecule has 5 nitrogen and oxygen atoms in total. The lowest BCUT2D eigenvalue weighted by Gasteiger charge is -2.13. The average Bonchev–Trinajstić information content (AvgIpc) is 2.94. The summed E-state index contributed by atoms with van der Waals surface area (Å²) in [5.41, 5.74) is 2.57. The highest BCUT2D eigenvalue weighted by atomic mass is 16.5. The van der Waals surface area contributed by atoms with Crippen LogP contribution in [0, 0.1) is 0 Å². The van der Waals surface area contributed by atoms with Crippen molar-refractivity contribution in [2.75, 3.05) is 14.2 Å². The normalized spacial score (nSPS) is 10.6. The van der Waals surface area contributed by atoms with Crippen molar-refractivity contribution in [2.24, 2.45) is 0 Å². The molecule has 0 unspecified atom stereocenters. The smallest absolute Gasteiger partial charge is 0.163 e. The molecule has 0 aliphatic rings. The Balaban J connectivity index is 2.35. The van der Waals surface area contributed by atoms with E-state index < -0.39 is 0 Å². The molecule has 0 bridgehead atoms. The molecule has 0 N–H and O–H groups in total. The third-order valence-corrected chi connectivity index (χ3v) is 3.00. The highest BCUT2D eigenvalue weighted by Gasteiger charge is 2.15. The molecule has 19 heavy (non-hydrogen) atoms. The summed E-state index contributed by atoms with van der Waals surface area (Å²) < 4.78 is 12.6. The van der Waals surface area contributed by atoms with Crippen molar-refractivity contribution in [3.8, 4) is 22.6 Å². The molecule has 2 aromatic heterocycles. The van der Waals surface area contributed by atoms with E-state index in [1.807, 2.05) is 36.5 Å². The van der Waals surface area contributed by atoms with Gasteiger partial charge in [0.2, 0.25) is 0 Å². The van der Waals surface area contributed by atoms with Gasteiger partial charge in [-0.15, -0.1) is 0 Å². The van der Waals surface area contributed by atoms with Gasteiger partial charge in [0.25, 0.3) is 0 Å². The zero-order valence-corrected chi connectivity index (χ0v) is 10.7. The van der Waals surface area contributed by atoms with Crippen molar-refractivity contribution >= 4 is 5.65 Å². The molecule has 1 aromatic carbocycles. The van der Waals surface area contributed by atoms with Crippen LogP contribution in [0.2, 0.25) is 0 Å². The van der Waals surface area contributed by atoms with E-state index in [0.717, 1.165) is 28.3 Å². The van der Waals surface area contributed by atoms with Gasteiger partial charge in [-0.05, 0) is 24.3 Å². The summed E-state index contributed by atoms with van der Waals surface area (Å²) in [5, 5.41) is 4.14. The quantitative estimate of drug-likeness (QED) is 0.721. The predicted molar refractivity (Wildman–Crippen MR) is 71.5 cm³/mol. The Morgan fingerprint density at radius 1 is 1.00 bits per heavy atom. The molecule has 5 heteroatoms. The van der Waals surface area contributed by atoms with Gasteiger partial charge in [-0.1, -0.05) is 6.07 Å². The van der Waals surface area contributed by atoms with E-state index in [2.05, 4.69) is 10.1 Å². The predicted octanol–water partition coefficient (Wildman–Crippen LogP) is 2.41. The van der Waals surface area contributed by atoms with Crippen LogP contribution in [0.15, 0.2) is 42.9 Å².